The highest BCUT2D eigenvalue weighted by atomic mass is 16.5. The topological polar surface area (TPSA) is 38.7 Å². The van der Waals surface area contributed by atoms with Crippen molar-refractivity contribution < 1.29 is 9.53 Å². The van der Waals surface area contributed by atoms with Gasteiger partial charge in [0.2, 0.25) is 0 Å². The number of aliphatic imine (C=N–C) groups is 1. The number of hydrogen-bond donors (Lipinski definition) is 0. The third kappa shape index (κ3) is 1.56. The van der Waals surface area contributed by atoms with Gasteiger partial charge in [-0.1, -0.05) is 6.92 Å². The predicted octanol–water partition coefficient (Wildman–Crippen LogP) is 1.03. The van der Waals surface area contributed by atoms with Gasteiger partial charge < -0.3 is 4.74 Å². The Hall–Kier alpha value is -0.860. The van der Waals surface area contributed by atoms with Gasteiger partial charge in [-0.2, -0.15) is 0 Å². The first-order valence-corrected chi connectivity index (χ1v) is 3.17. The lowest BCUT2D eigenvalue weighted by atomic mass is 10.0. The molecule has 10 heavy (non-hydrogen) atoms. The number of rotatable bonds is 3. The smallest absolute Gasteiger partial charge is 0.333 e. The van der Waals surface area contributed by atoms with Crippen LogP contribution >= 0.6 is 0 Å². The van der Waals surface area contributed by atoms with E-state index in [1.807, 2.05) is 6.92 Å². The summed E-state index contributed by atoms with van der Waals surface area (Å²) in [4.78, 5) is 14.6. The average Bonchev–Trinajstić information content (AvgIpc) is 2.01. The van der Waals surface area contributed by atoms with Crippen LogP contribution in [0.3, 0.4) is 0 Å². The fourth-order valence-corrected chi connectivity index (χ4v) is 0.541. The second kappa shape index (κ2) is 3.34. The Kier molecular flexibility index (Phi) is 3.06. The number of esters is 1. The summed E-state index contributed by atoms with van der Waals surface area (Å²) < 4.78 is 4.52. The molecule has 0 amide bonds. The monoisotopic (exact) mass is 143 g/mol. The van der Waals surface area contributed by atoms with Crippen molar-refractivity contribution in [3.63, 3.8) is 0 Å². The van der Waals surface area contributed by atoms with Crippen molar-refractivity contribution in [2.75, 3.05) is 7.11 Å². The van der Waals surface area contributed by atoms with Crippen LogP contribution in [0.15, 0.2) is 4.99 Å². The summed E-state index contributed by atoms with van der Waals surface area (Å²) >= 11 is 0. The van der Waals surface area contributed by atoms with Crippen molar-refractivity contribution in [2.24, 2.45) is 4.99 Å². The van der Waals surface area contributed by atoms with E-state index in [2.05, 4.69) is 16.4 Å². The van der Waals surface area contributed by atoms with Gasteiger partial charge in [0.15, 0.2) is 5.54 Å². The van der Waals surface area contributed by atoms with Gasteiger partial charge >= 0.3 is 5.97 Å². The minimum absolute atomic E-state index is 0.329. The summed E-state index contributed by atoms with van der Waals surface area (Å²) in [6.45, 7) is 6.89. The van der Waals surface area contributed by atoms with Gasteiger partial charge in [-0.05, 0) is 20.1 Å². The third-order valence-corrected chi connectivity index (χ3v) is 1.66. The van der Waals surface area contributed by atoms with Crippen LogP contribution in [0.4, 0.5) is 0 Å². The van der Waals surface area contributed by atoms with Crippen LogP contribution in [-0.4, -0.2) is 25.3 Å². The Morgan fingerprint density at radius 3 is 2.40 bits per heavy atom. The summed E-state index contributed by atoms with van der Waals surface area (Å²) in [6.07, 6.45) is 0.614. The standard InChI is InChI=1S/C7H13NO2/c1-5-7(2,8-3)6(9)10-4/h3,5H2,1-2,4H3. The van der Waals surface area contributed by atoms with Gasteiger partial charge in [0.05, 0.1) is 7.11 Å². The first-order valence-electron chi connectivity index (χ1n) is 3.17. The molecule has 0 heterocycles. The molecule has 0 radical (unpaired) electrons. The summed E-state index contributed by atoms with van der Waals surface area (Å²) in [5.41, 5.74) is -0.755. The van der Waals surface area contributed by atoms with E-state index in [1.165, 1.54) is 7.11 Å². The quantitative estimate of drug-likeness (QED) is 0.437. The molecular weight excluding hydrogens is 130 g/mol. The molecule has 0 bridgehead atoms. The molecule has 0 aromatic carbocycles. The summed E-state index contributed by atoms with van der Waals surface area (Å²) in [7, 11) is 1.35. The number of carbonyl (C=O) groups excluding carboxylic acids is 1. The predicted molar refractivity (Wildman–Crippen MR) is 40.3 cm³/mol. The largest absolute Gasteiger partial charge is 0.467 e. The van der Waals surface area contributed by atoms with Gasteiger partial charge in [0.25, 0.3) is 0 Å². The molecule has 0 fully saturated rings. The number of hydrogen-bond acceptors (Lipinski definition) is 3. The van der Waals surface area contributed by atoms with Crippen molar-refractivity contribution in [3.8, 4) is 0 Å². The van der Waals surface area contributed by atoms with Gasteiger partial charge in [-0.25, -0.2) is 4.79 Å². The van der Waals surface area contributed by atoms with Crippen LogP contribution in [0.5, 0.6) is 0 Å². The normalized spacial score (nSPS) is 15.5. The Labute approximate surface area is 61.1 Å². The van der Waals surface area contributed by atoms with Crippen LogP contribution in [0.1, 0.15) is 20.3 Å². The second-order valence-corrected chi connectivity index (χ2v) is 2.28. The number of methoxy groups -OCH3 is 1. The molecule has 0 saturated carbocycles. The molecule has 58 valence electrons. The lowest BCUT2D eigenvalue weighted by Gasteiger charge is -2.18. The first kappa shape index (κ1) is 9.14. The van der Waals surface area contributed by atoms with Gasteiger partial charge in [0.1, 0.15) is 0 Å². The van der Waals surface area contributed by atoms with E-state index in [-0.39, 0.29) is 5.97 Å². The van der Waals surface area contributed by atoms with E-state index < -0.39 is 5.54 Å². The minimum atomic E-state index is -0.755. The van der Waals surface area contributed by atoms with E-state index in [4.69, 9.17) is 0 Å². The van der Waals surface area contributed by atoms with Crippen molar-refractivity contribution in [3.05, 3.63) is 0 Å². The summed E-state index contributed by atoms with van der Waals surface area (Å²) in [5.74, 6) is -0.329. The SMILES string of the molecule is C=NC(C)(CC)C(=O)OC. The molecule has 0 spiro atoms. The Morgan fingerprint density at radius 2 is 2.30 bits per heavy atom. The number of nitrogens with zero attached hydrogens (tertiary/aromatic N) is 1. The molecule has 0 saturated heterocycles. The van der Waals surface area contributed by atoms with E-state index in [0.717, 1.165) is 0 Å². The molecule has 0 aliphatic heterocycles. The number of carbonyl (C=O) groups is 1. The third-order valence-electron chi connectivity index (χ3n) is 1.66. The molecule has 0 N–H and O–H groups in total. The molecule has 0 aliphatic carbocycles. The second-order valence-electron chi connectivity index (χ2n) is 2.28. The van der Waals surface area contributed by atoms with Crippen molar-refractivity contribution in [2.45, 2.75) is 25.8 Å². The van der Waals surface area contributed by atoms with Crippen LogP contribution in [0.25, 0.3) is 0 Å². The first-order chi connectivity index (χ1) is 4.60. The highest BCUT2D eigenvalue weighted by Crippen LogP contribution is 2.15. The lowest BCUT2D eigenvalue weighted by molar-refractivity contribution is -0.146. The average molecular weight is 143 g/mol. The zero-order chi connectivity index (χ0) is 8.20. The van der Waals surface area contributed by atoms with E-state index in [9.17, 15) is 4.79 Å². The maximum atomic E-state index is 10.9. The van der Waals surface area contributed by atoms with E-state index in [1.54, 1.807) is 6.92 Å². The zero-order valence-electron chi connectivity index (χ0n) is 6.68. The Bertz CT molecular complexity index is 145. The van der Waals surface area contributed by atoms with Gasteiger partial charge in [-0.15, -0.1) is 0 Å². The maximum absolute atomic E-state index is 10.9. The minimum Gasteiger partial charge on any atom is -0.467 e. The maximum Gasteiger partial charge on any atom is 0.333 e. The van der Waals surface area contributed by atoms with E-state index >= 15 is 0 Å². The highest BCUT2D eigenvalue weighted by molar-refractivity contribution is 5.81. The van der Waals surface area contributed by atoms with Crippen molar-refractivity contribution in [1.82, 2.24) is 0 Å². The fourth-order valence-electron chi connectivity index (χ4n) is 0.541. The Morgan fingerprint density at radius 1 is 1.80 bits per heavy atom. The van der Waals surface area contributed by atoms with Crippen LogP contribution in [0, 0.1) is 0 Å². The lowest BCUT2D eigenvalue weighted by Crippen LogP contribution is -2.33. The molecule has 1 atom stereocenters. The van der Waals surface area contributed by atoms with E-state index in [0.29, 0.717) is 6.42 Å². The van der Waals surface area contributed by atoms with Gasteiger partial charge in [-0.3, -0.25) is 4.99 Å². The molecule has 0 aromatic heterocycles. The van der Waals surface area contributed by atoms with Crippen LogP contribution in [-0.2, 0) is 9.53 Å². The zero-order valence-corrected chi connectivity index (χ0v) is 6.68. The van der Waals surface area contributed by atoms with Crippen molar-refractivity contribution in [1.29, 1.82) is 0 Å². The molecule has 3 nitrogen and oxygen atoms in total. The van der Waals surface area contributed by atoms with Gasteiger partial charge in [0, 0.05) is 0 Å². The molecule has 1 unspecified atom stereocenters. The van der Waals surface area contributed by atoms with Crippen molar-refractivity contribution >= 4 is 12.7 Å². The number of ether oxygens (including phenoxy) is 1. The summed E-state index contributed by atoms with van der Waals surface area (Å²) in [5, 5.41) is 0. The van der Waals surface area contributed by atoms with Crippen LogP contribution < -0.4 is 0 Å². The molecule has 0 rings (SSSR count). The highest BCUT2D eigenvalue weighted by Gasteiger charge is 2.30. The summed E-state index contributed by atoms with van der Waals surface area (Å²) in [6, 6.07) is 0. The Balaban J connectivity index is 4.31. The van der Waals surface area contributed by atoms with Crippen LogP contribution in [0.2, 0.25) is 0 Å². The molecule has 0 aliphatic rings. The molecular formula is C7H13NO2. The molecule has 3 heteroatoms. The molecule has 0 aromatic rings. The fraction of sp³-hybridized carbons (Fsp3) is 0.714.